The van der Waals surface area contributed by atoms with Crippen LogP contribution in [0.4, 0.5) is 4.39 Å². The zero-order valence-corrected chi connectivity index (χ0v) is 13.9. The summed E-state index contributed by atoms with van der Waals surface area (Å²) < 4.78 is 19.9. The summed E-state index contributed by atoms with van der Waals surface area (Å²) in [6.45, 7) is 0.408. The van der Waals surface area contributed by atoms with Gasteiger partial charge in [-0.05, 0) is 23.8 Å². The molecular formula is C22H17FO3. The largest absolute Gasteiger partial charge is 0.488 e. The zero-order chi connectivity index (χ0) is 18.4. The van der Waals surface area contributed by atoms with Gasteiger partial charge in [0.25, 0.3) is 0 Å². The van der Waals surface area contributed by atoms with Crippen LogP contribution < -0.4 is 4.74 Å². The summed E-state index contributed by atoms with van der Waals surface area (Å²) >= 11 is 0. The maximum atomic E-state index is 14.0. The minimum Gasteiger partial charge on any atom is -0.488 e. The molecular weight excluding hydrogens is 331 g/mol. The molecule has 0 aliphatic rings. The molecule has 0 aliphatic carbocycles. The third-order valence-corrected chi connectivity index (χ3v) is 3.87. The van der Waals surface area contributed by atoms with Crippen LogP contribution >= 0.6 is 0 Å². The van der Waals surface area contributed by atoms with E-state index >= 15 is 0 Å². The lowest BCUT2D eigenvalue weighted by atomic mass is 10.0. The number of ether oxygens (including phenoxy) is 1. The van der Waals surface area contributed by atoms with Gasteiger partial charge in [0.15, 0.2) is 0 Å². The zero-order valence-electron chi connectivity index (χ0n) is 13.9. The molecule has 0 spiro atoms. The number of aromatic carboxylic acids is 1. The van der Waals surface area contributed by atoms with Crippen LogP contribution in [-0.4, -0.2) is 11.1 Å². The molecule has 26 heavy (non-hydrogen) atoms. The fourth-order valence-corrected chi connectivity index (χ4v) is 2.55. The van der Waals surface area contributed by atoms with Gasteiger partial charge in [-0.15, -0.1) is 0 Å². The van der Waals surface area contributed by atoms with Crippen molar-refractivity contribution in [3.63, 3.8) is 0 Å². The van der Waals surface area contributed by atoms with Gasteiger partial charge < -0.3 is 9.84 Å². The molecule has 0 saturated carbocycles. The number of carbonyl (C=O) groups is 1. The van der Waals surface area contributed by atoms with Crippen molar-refractivity contribution in [2.45, 2.75) is 6.61 Å². The first kappa shape index (κ1) is 17.4. The van der Waals surface area contributed by atoms with E-state index in [0.717, 1.165) is 11.1 Å². The van der Waals surface area contributed by atoms with E-state index in [1.807, 2.05) is 54.6 Å². The van der Waals surface area contributed by atoms with Crippen molar-refractivity contribution in [1.82, 2.24) is 0 Å². The first-order valence-corrected chi connectivity index (χ1v) is 8.11. The molecule has 0 saturated heterocycles. The van der Waals surface area contributed by atoms with Crippen LogP contribution in [-0.2, 0) is 6.61 Å². The Kier molecular flexibility index (Phi) is 5.44. The van der Waals surface area contributed by atoms with Crippen LogP contribution in [0.3, 0.4) is 0 Å². The minimum absolute atomic E-state index is 0.0397. The molecule has 3 rings (SSSR count). The molecule has 3 nitrogen and oxygen atoms in total. The SMILES string of the molecule is O=C(O)c1cccc(F)c1C=Cc1ccccc1OCc1ccccc1. The number of para-hydroxylation sites is 1. The Morgan fingerprint density at radius 3 is 2.42 bits per heavy atom. The molecule has 0 radical (unpaired) electrons. The van der Waals surface area contributed by atoms with Crippen LogP contribution in [0.25, 0.3) is 12.2 Å². The highest BCUT2D eigenvalue weighted by atomic mass is 19.1. The van der Waals surface area contributed by atoms with Crippen molar-refractivity contribution in [2.24, 2.45) is 0 Å². The summed E-state index contributed by atoms with van der Waals surface area (Å²) in [6.07, 6.45) is 3.12. The summed E-state index contributed by atoms with van der Waals surface area (Å²) in [5, 5.41) is 9.23. The third-order valence-electron chi connectivity index (χ3n) is 3.87. The molecule has 3 aromatic rings. The number of benzene rings is 3. The van der Waals surface area contributed by atoms with Gasteiger partial charge in [0, 0.05) is 11.1 Å². The number of halogens is 1. The number of hydrogen-bond donors (Lipinski definition) is 1. The molecule has 1 N–H and O–H groups in total. The highest BCUT2D eigenvalue weighted by Gasteiger charge is 2.11. The van der Waals surface area contributed by atoms with Crippen molar-refractivity contribution in [1.29, 1.82) is 0 Å². The summed E-state index contributed by atoms with van der Waals surface area (Å²) in [4.78, 5) is 11.3. The van der Waals surface area contributed by atoms with Gasteiger partial charge >= 0.3 is 5.97 Å². The second-order valence-corrected chi connectivity index (χ2v) is 5.65. The Morgan fingerprint density at radius 1 is 0.923 bits per heavy atom. The Labute approximate surface area is 151 Å². The maximum absolute atomic E-state index is 14.0. The van der Waals surface area contributed by atoms with Gasteiger partial charge in [-0.2, -0.15) is 0 Å². The first-order chi connectivity index (χ1) is 12.6. The molecule has 0 fully saturated rings. The average Bonchev–Trinajstić information content (AvgIpc) is 2.66. The molecule has 4 heteroatoms. The normalized spacial score (nSPS) is 10.8. The number of carboxylic acid groups (broad SMARTS) is 1. The average molecular weight is 348 g/mol. The van der Waals surface area contributed by atoms with E-state index in [-0.39, 0.29) is 11.1 Å². The van der Waals surface area contributed by atoms with Crippen LogP contribution in [0, 0.1) is 5.82 Å². The summed E-state index contributed by atoms with van der Waals surface area (Å²) in [7, 11) is 0. The highest BCUT2D eigenvalue weighted by molar-refractivity contribution is 5.93. The lowest BCUT2D eigenvalue weighted by molar-refractivity contribution is 0.0696. The van der Waals surface area contributed by atoms with Crippen LogP contribution in [0.1, 0.15) is 27.0 Å². The fraction of sp³-hybridized carbons (Fsp3) is 0.0455. The third kappa shape index (κ3) is 4.16. The molecule has 0 unspecified atom stereocenters. The lowest BCUT2D eigenvalue weighted by Gasteiger charge is -2.09. The Hall–Kier alpha value is -3.40. The van der Waals surface area contributed by atoms with Crippen LogP contribution in [0.15, 0.2) is 72.8 Å². The van der Waals surface area contributed by atoms with E-state index in [9.17, 15) is 14.3 Å². The smallest absolute Gasteiger partial charge is 0.336 e. The summed E-state index contributed by atoms with van der Waals surface area (Å²) in [5.41, 5.74) is 1.73. The van der Waals surface area contributed by atoms with Gasteiger partial charge in [-0.25, -0.2) is 9.18 Å². The molecule has 0 amide bonds. The van der Waals surface area contributed by atoms with E-state index in [1.165, 1.54) is 24.3 Å². The van der Waals surface area contributed by atoms with Crippen molar-refractivity contribution >= 4 is 18.1 Å². The number of hydrogen-bond acceptors (Lipinski definition) is 2. The molecule has 0 aromatic heterocycles. The van der Waals surface area contributed by atoms with Crippen molar-refractivity contribution < 1.29 is 19.0 Å². The van der Waals surface area contributed by atoms with E-state index in [4.69, 9.17) is 4.74 Å². The van der Waals surface area contributed by atoms with Crippen molar-refractivity contribution in [3.05, 3.63) is 101 Å². The van der Waals surface area contributed by atoms with Gasteiger partial charge in [0.05, 0.1) is 5.56 Å². The van der Waals surface area contributed by atoms with Crippen molar-refractivity contribution in [2.75, 3.05) is 0 Å². The summed E-state index contributed by atoms with van der Waals surface area (Å²) in [6, 6.07) is 21.1. The monoisotopic (exact) mass is 348 g/mol. The van der Waals surface area contributed by atoms with Gasteiger partial charge in [0.2, 0.25) is 0 Å². The molecule has 0 bridgehead atoms. The first-order valence-electron chi connectivity index (χ1n) is 8.11. The quantitative estimate of drug-likeness (QED) is 0.617. The minimum atomic E-state index is -1.17. The molecule has 0 aliphatic heterocycles. The Bertz CT molecular complexity index is 933. The van der Waals surface area contributed by atoms with Crippen molar-refractivity contribution in [3.8, 4) is 5.75 Å². The van der Waals surface area contributed by atoms with Crippen LogP contribution in [0.5, 0.6) is 5.75 Å². The van der Waals surface area contributed by atoms with E-state index in [2.05, 4.69) is 0 Å². The van der Waals surface area contributed by atoms with Crippen LogP contribution in [0.2, 0.25) is 0 Å². The van der Waals surface area contributed by atoms with Gasteiger partial charge in [0.1, 0.15) is 18.2 Å². The number of rotatable bonds is 6. The van der Waals surface area contributed by atoms with E-state index < -0.39 is 11.8 Å². The topological polar surface area (TPSA) is 46.5 Å². The predicted molar refractivity (Wildman–Crippen MR) is 99.5 cm³/mol. The second kappa shape index (κ2) is 8.12. The highest BCUT2D eigenvalue weighted by Crippen LogP contribution is 2.23. The Morgan fingerprint density at radius 2 is 1.65 bits per heavy atom. The number of carboxylic acids is 1. The molecule has 3 aromatic carbocycles. The maximum Gasteiger partial charge on any atom is 0.336 e. The molecule has 0 heterocycles. The lowest BCUT2D eigenvalue weighted by Crippen LogP contribution is -2.01. The molecule has 0 atom stereocenters. The second-order valence-electron chi connectivity index (χ2n) is 5.65. The van der Waals surface area contributed by atoms with Gasteiger partial charge in [-0.3, -0.25) is 0 Å². The Balaban J connectivity index is 1.85. The summed E-state index contributed by atoms with van der Waals surface area (Å²) in [5.74, 6) is -1.11. The van der Waals surface area contributed by atoms with E-state index in [0.29, 0.717) is 12.4 Å². The fourth-order valence-electron chi connectivity index (χ4n) is 2.55. The molecule has 130 valence electrons. The predicted octanol–water partition coefficient (Wildman–Crippen LogP) is 5.27. The van der Waals surface area contributed by atoms with E-state index in [1.54, 1.807) is 6.08 Å². The standard InChI is InChI=1S/C22H17FO3/c23-20-11-6-10-19(22(24)25)18(20)14-13-17-9-4-5-12-21(17)26-15-16-7-2-1-3-8-16/h1-14H,15H2,(H,24,25). The van der Waals surface area contributed by atoms with Gasteiger partial charge in [-0.1, -0.05) is 66.7 Å².